The van der Waals surface area contributed by atoms with Crippen LogP contribution in [0.5, 0.6) is 0 Å². The van der Waals surface area contributed by atoms with E-state index in [2.05, 4.69) is 10.6 Å². The molecule has 4 atom stereocenters. The number of alkyl halides is 2. The molecular formula is C9H18Cl2N2O. The molecule has 0 saturated carbocycles. The Bertz CT molecular complexity index is 168. The molecule has 0 aliphatic rings. The van der Waals surface area contributed by atoms with Crippen molar-refractivity contribution in [3.63, 3.8) is 0 Å². The number of hydrogen-bond acceptors (Lipinski definition) is 1. The Kier molecular flexibility index (Phi) is 6.29. The van der Waals surface area contributed by atoms with Gasteiger partial charge in [0.2, 0.25) is 0 Å². The van der Waals surface area contributed by atoms with E-state index in [1.54, 1.807) is 0 Å². The number of carbonyl (C=O) groups excluding carboxylic acids is 1. The number of carbonyl (C=O) groups is 1. The van der Waals surface area contributed by atoms with E-state index in [4.69, 9.17) is 23.2 Å². The Labute approximate surface area is 95.5 Å². The van der Waals surface area contributed by atoms with Crippen molar-refractivity contribution in [3.05, 3.63) is 0 Å². The summed E-state index contributed by atoms with van der Waals surface area (Å²) in [6, 6.07) is -0.353. The highest BCUT2D eigenvalue weighted by molar-refractivity contribution is 6.21. The standard InChI is InChI=1S/C9H18Cl2N2O/c1-5(10)7(3)12-9(14)13-8(4)6(2)11/h5-8H,1-4H3,(H2,12,13,14). The van der Waals surface area contributed by atoms with Crippen LogP contribution in [0.2, 0.25) is 0 Å². The second-order valence-corrected chi connectivity index (χ2v) is 4.93. The van der Waals surface area contributed by atoms with Gasteiger partial charge in [-0.2, -0.15) is 0 Å². The summed E-state index contributed by atoms with van der Waals surface area (Å²) >= 11 is 11.6. The van der Waals surface area contributed by atoms with E-state index in [1.165, 1.54) is 0 Å². The van der Waals surface area contributed by atoms with Gasteiger partial charge in [-0.3, -0.25) is 0 Å². The van der Waals surface area contributed by atoms with Crippen molar-refractivity contribution in [1.82, 2.24) is 10.6 Å². The van der Waals surface area contributed by atoms with Gasteiger partial charge in [-0.1, -0.05) is 0 Å². The topological polar surface area (TPSA) is 41.1 Å². The van der Waals surface area contributed by atoms with E-state index in [0.29, 0.717) is 0 Å². The summed E-state index contributed by atoms with van der Waals surface area (Å²) in [5.74, 6) is 0. The molecule has 0 bridgehead atoms. The third-order valence-electron chi connectivity index (χ3n) is 2.10. The molecule has 5 heteroatoms. The molecule has 0 aromatic heterocycles. The second-order valence-electron chi connectivity index (χ2n) is 3.55. The number of nitrogens with one attached hydrogen (secondary N) is 2. The molecule has 4 unspecified atom stereocenters. The summed E-state index contributed by atoms with van der Waals surface area (Å²) < 4.78 is 0. The summed E-state index contributed by atoms with van der Waals surface area (Å²) in [5.41, 5.74) is 0. The lowest BCUT2D eigenvalue weighted by molar-refractivity contribution is 0.234. The van der Waals surface area contributed by atoms with E-state index in [1.807, 2.05) is 27.7 Å². The summed E-state index contributed by atoms with van der Waals surface area (Å²) in [6.07, 6.45) is 0. The summed E-state index contributed by atoms with van der Waals surface area (Å²) in [7, 11) is 0. The Balaban J connectivity index is 3.87. The first-order valence-electron chi connectivity index (χ1n) is 4.69. The molecule has 0 radical (unpaired) electrons. The number of rotatable bonds is 4. The number of halogens is 2. The van der Waals surface area contributed by atoms with Crippen molar-refractivity contribution < 1.29 is 4.79 Å². The van der Waals surface area contributed by atoms with Crippen LogP contribution in [0, 0.1) is 0 Å². The third-order valence-corrected chi connectivity index (χ3v) is 2.85. The molecule has 2 N–H and O–H groups in total. The van der Waals surface area contributed by atoms with Crippen molar-refractivity contribution in [2.75, 3.05) is 0 Å². The molecule has 3 nitrogen and oxygen atoms in total. The van der Waals surface area contributed by atoms with Crippen LogP contribution in [-0.4, -0.2) is 28.9 Å². The van der Waals surface area contributed by atoms with Crippen LogP contribution in [0.15, 0.2) is 0 Å². The minimum Gasteiger partial charge on any atom is -0.334 e. The van der Waals surface area contributed by atoms with Crippen LogP contribution in [0.1, 0.15) is 27.7 Å². The quantitative estimate of drug-likeness (QED) is 0.728. The molecular weight excluding hydrogens is 223 g/mol. The monoisotopic (exact) mass is 240 g/mol. The molecule has 0 rings (SSSR count). The molecule has 84 valence electrons. The minimum atomic E-state index is -0.231. The molecule has 0 aliphatic heterocycles. The molecule has 14 heavy (non-hydrogen) atoms. The van der Waals surface area contributed by atoms with Gasteiger partial charge >= 0.3 is 6.03 Å². The molecule has 0 aromatic rings. The smallest absolute Gasteiger partial charge is 0.315 e. The Morgan fingerprint density at radius 2 is 1.21 bits per heavy atom. The first-order chi connectivity index (χ1) is 6.34. The van der Waals surface area contributed by atoms with Crippen LogP contribution in [-0.2, 0) is 0 Å². The van der Waals surface area contributed by atoms with Gasteiger partial charge in [0.05, 0.1) is 10.8 Å². The second kappa shape index (κ2) is 6.36. The van der Waals surface area contributed by atoms with Crippen LogP contribution in [0.3, 0.4) is 0 Å². The van der Waals surface area contributed by atoms with Gasteiger partial charge in [-0.15, -0.1) is 23.2 Å². The highest BCUT2D eigenvalue weighted by Crippen LogP contribution is 2.02. The molecule has 2 amide bonds. The predicted molar refractivity (Wildman–Crippen MR) is 61.2 cm³/mol. The normalized spacial score (nSPS) is 19.3. The molecule has 0 aliphatic carbocycles. The van der Waals surface area contributed by atoms with Crippen LogP contribution < -0.4 is 10.6 Å². The van der Waals surface area contributed by atoms with Crippen molar-refractivity contribution in [2.45, 2.75) is 50.5 Å². The molecule has 0 spiro atoms. The molecule has 0 fully saturated rings. The largest absolute Gasteiger partial charge is 0.334 e. The van der Waals surface area contributed by atoms with Gasteiger partial charge < -0.3 is 10.6 Å². The van der Waals surface area contributed by atoms with Crippen molar-refractivity contribution in [1.29, 1.82) is 0 Å². The first-order valence-corrected chi connectivity index (χ1v) is 5.57. The Morgan fingerprint density at radius 1 is 0.929 bits per heavy atom. The van der Waals surface area contributed by atoms with E-state index >= 15 is 0 Å². The molecule has 0 heterocycles. The van der Waals surface area contributed by atoms with E-state index < -0.39 is 0 Å². The van der Waals surface area contributed by atoms with Gasteiger partial charge in [-0.25, -0.2) is 4.79 Å². The highest BCUT2D eigenvalue weighted by atomic mass is 35.5. The number of hydrogen-bond donors (Lipinski definition) is 2. The maximum absolute atomic E-state index is 11.3. The van der Waals surface area contributed by atoms with Gasteiger partial charge in [0.15, 0.2) is 0 Å². The van der Waals surface area contributed by atoms with E-state index in [0.717, 1.165) is 0 Å². The SMILES string of the molecule is CC(Cl)C(C)NC(=O)NC(C)C(C)Cl. The summed E-state index contributed by atoms with van der Waals surface area (Å²) in [5, 5.41) is 5.26. The lowest BCUT2D eigenvalue weighted by atomic mass is 10.2. The minimum absolute atomic E-state index is 0.0606. The molecule has 0 aromatic carbocycles. The highest BCUT2D eigenvalue weighted by Gasteiger charge is 2.15. The maximum Gasteiger partial charge on any atom is 0.315 e. The Morgan fingerprint density at radius 3 is 1.43 bits per heavy atom. The fourth-order valence-electron chi connectivity index (χ4n) is 0.685. The van der Waals surface area contributed by atoms with Gasteiger partial charge in [0.25, 0.3) is 0 Å². The predicted octanol–water partition coefficient (Wildman–Crippen LogP) is 2.32. The average Bonchev–Trinajstić information content (AvgIpc) is 2.03. The molecule has 0 saturated heterocycles. The average molecular weight is 241 g/mol. The fraction of sp³-hybridized carbons (Fsp3) is 0.889. The summed E-state index contributed by atoms with van der Waals surface area (Å²) in [4.78, 5) is 11.3. The van der Waals surface area contributed by atoms with E-state index in [-0.39, 0.29) is 28.9 Å². The maximum atomic E-state index is 11.3. The first kappa shape index (κ1) is 13.8. The van der Waals surface area contributed by atoms with Crippen molar-refractivity contribution >= 4 is 29.2 Å². The van der Waals surface area contributed by atoms with Crippen molar-refractivity contribution in [2.24, 2.45) is 0 Å². The van der Waals surface area contributed by atoms with Crippen LogP contribution in [0.4, 0.5) is 4.79 Å². The zero-order valence-electron chi connectivity index (χ0n) is 8.97. The van der Waals surface area contributed by atoms with Crippen LogP contribution in [0.25, 0.3) is 0 Å². The van der Waals surface area contributed by atoms with Gasteiger partial charge in [-0.05, 0) is 27.7 Å². The zero-order chi connectivity index (χ0) is 11.3. The van der Waals surface area contributed by atoms with Crippen LogP contribution >= 0.6 is 23.2 Å². The number of urea groups is 1. The van der Waals surface area contributed by atoms with E-state index in [9.17, 15) is 4.79 Å². The fourth-order valence-corrected chi connectivity index (χ4v) is 0.811. The zero-order valence-corrected chi connectivity index (χ0v) is 10.5. The Hall–Kier alpha value is -0.150. The van der Waals surface area contributed by atoms with Gasteiger partial charge in [0, 0.05) is 12.1 Å². The third kappa shape index (κ3) is 5.55. The van der Waals surface area contributed by atoms with Crippen molar-refractivity contribution in [3.8, 4) is 0 Å². The summed E-state index contributed by atoms with van der Waals surface area (Å²) in [6.45, 7) is 7.37. The van der Waals surface area contributed by atoms with Gasteiger partial charge in [0.1, 0.15) is 0 Å². The lowest BCUT2D eigenvalue weighted by Gasteiger charge is -2.20. The lowest BCUT2D eigenvalue weighted by Crippen LogP contribution is -2.48. The number of amides is 2.